The van der Waals surface area contributed by atoms with Crippen molar-refractivity contribution in [1.82, 2.24) is 10.4 Å². The minimum atomic E-state index is -0.853. The molecule has 0 unspecified atom stereocenters. The maximum absolute atomic E-state index is 12.4. The number of amidine groups is 1. The topological polar surface area (TPSA) is 81.6 Å². The third kappa shape index (κ3) is 3.46. The molecule has 0 atom stereocenters. The van der Waals surface area contributed by atoms with Crippen molar-refractivity contribution in [3.05, 3.63) is 54.1 Å². The van der Waals surface area contributed by atoms with Crippen molar-refractivity contribution < 1.29 is 23.8 Å². The van der Waals surface area contributed by atoms with Crippen LogP contribution in [0.3, 0.4) is 0 Å². The van der Waals surface area contributed by atoms with E-state index in [1.54, 1.807) is 43.1 Å². The first kappa shape index (κ1) is 17.0. The number of carbonyl (C=O) groups excluding carboxylic acids is 1. The Kier molecular flexibility index (Phi) is 4.23. The molecule has 1 N–H and O–H groups in total. The molecule has 2 heterocycles. The molecular formula is C19H19N3O5. The molecule has 27 heavy (non-hydrogen) atoms. The van der Waals surface area contributed by atoms with Gasteiger partial charge in [0.25, 0.3) is 5.91 Å². The predicted molar refractivity (Wildman–Crippen MR) is 96.2 cm³/mol. The number of oxime groups is 1. The first-order valence-corrected chi connectivity index (χ1v) is 8.47. The number of carbonyl (C=O) groups is 1. The van der Waals surface area contributed by atoms with Crippen LogP contribution in [-0.2, 0) is 9.63 Å². The molecule has 4 rings (SSSR count). The first-order chi connectivity index (χ1) is 13.0. The van der Waals surface area contributed by atoms with Crippen molar-refractivity contribution in [2.75, 3.05) is 13.4 Å². The number of nitrogens with zero attached hydrogens (tertiary/aromatic N) is 2. The van der Waals surface area contributed by atoms with Crippen LogP contribution in [-0.4, -0.2) is 35.9 Å². The molecule has 0 radical (unpaired) electrons. The van der Waals surface area contributed by atoms with Crippen LogP contribution >= 0.6 is 0 Å². The van der Waals surface area contributed by atoms with E-state index < -0.39 is 5.72 Å². The van der Waals surface area contributed by atoms with Gasteiger partial charge in [-0.2, -0.15) is 0 Å². The van der Waals surface area contributed by atoms with Gasteiger partial charge in [0.1, 0.15) is 5.75 Å². The van der Waals surface area contributed by atoms with Crippen LogP contribution in [0.2, 0.25) is 0 Å². The van der Waals surface area contributed by atoms with Crippen LogP contribution in [0, 0.1) is 0 Å². The lowest BCUT2D eigenvalue weighted by molar-refractivity contribution is -0.137. The Morgan fingerprint density at radius 2 is 1.96 bits per heavy atom. The van der Waals surface area contributed by atoms with Crippen LogP contribution in [0.4, 0.5) is 0 Å². The van der Waals surface area contributed by atoms with Gasteiger partial charge in [-0.3, -0.25) is 10.2 Å². The molecule has 140 valence electrons. The summed E-state index contributed by atoms with van der Waals surface area (Å²) in [6.45, 7) is 3.65. The normalized spacial score (nSPS) is 16.5. The lowest BCUT2D eigenvalue weighted by atomic mass is 10.1. The smallest absolute Gasteiger partial charge is 0.276 e. The lowest BCUT2D eigenvalue weighted by Gasteiger charge is -2.31. The molecule has 0 saturated heterocycles. The zero-order valence-corrected chi connectivity index (χ0v) is 15.0. The Labute approximate surface area is 156 Å². The number of ether oxygens (including phenoxy) is 3. The van der Waals surface area contributed by atoms with Crippen molar-refractivity contribution in [2.24, 2.45) is 5.16 Å². The standard InChI is InChI=1S/C19H19N3O5/c1-19(2)22(20-17(23)11-24-14-6-4-3-5-7-14)18(21-27-19)13-8-9-15-16(10-13)26-12-25-15/h3-10H,11-12H2,1-2H3,(H,20,23). The lowest BCUT2D eigenvalue weighted by Crippen LogP contribution is -2.55. The summed E-state index contributed by atoms with van der Waals surface area (Å²) in [5.74, 6) is 2.05. The SMILES string of the molecule is CC1(C)ON=C(c2ccc3c(c2)OCO3)N1NC(=O)COc1ccccc1. The average Bonchev–Trinajstić information content (AvgIpc) is 3.25. The molecule has 0 spiro atoms. The molecule has 2 aliphatic rings. The van der Waals surface area contributed by atoms with E-state index in [0.717, 1.165) is 5.56 Å². The van der Waals surface area contributed by atoms with Gasteiger partial charge in [0.2, 0.25) is 12.5 Å². The number of amides is 1. The van der Waals surface area contributed by atoms with E-state index in [1.165, 1.54) is 0 Å². The Bertz CT molecular complexity index is 882. The molecule has 2 aromatic carbocycles. The zero-order valence-electron chi connectivity index (χ0n) is 15.0. The summed E-state index contributed by atoms with van der Waals surface area (Å²) in [4.78, 5) is 17.9. The van der Waals surface area contributed by atoms with Crippen LogP contribution in [0.1, 0.15) is 19.4 Å². The van der Waals surface area contributed by atoms with Gasteiger partial charge in [0.05, 0.1) is 0 Å². The van der Waals surface area contributed by atoms with E-state index in [4.69, 9.17) is 19.0 Å². The number of fused-ring (bicyclic) bond motifs is 1. The van der Waals surface area contributed by atoms with E-state index in [2.05, 4.69) is 10.6 Å². The van der Waals surface area contributed by atoms with Crippen molar-refractivity contribution in [2.45, 2.75) is 19.6 Å². The van der Waals surface area contributed by atoms with E-state index in [0.29, 0.717) is 23.1 Å². The van der Waals surface area contributed by atoms with Crippen molar-refractivity contribution in [3.63, 3.8) is 0 Å². The number of hydrazine groups is 1. The number of hydrogen-bond donors (Lipinski definition) is 1. The van der Waals surface area contributed by atoms with Crippen LogP contribution in [0.25, 0.3) is 0 Å². The highest BCUT2D eigenvalue weighted by molar-refractivity contribution is 6.01. The summed E-state index contributed by atoms with van der Waals surface area (Å²) in [5, 5.41) is 5.70. The van der Waals surface area contributed by atoms with E-state index in [1.807, 2.05) is 24.3 Å². The second-order valence-electron chi connectivity index (χ2n) is 6.49. The minimum Gasteiger partial charge on any atom is -0.484 e. The van der Waals surface area contributed by atoms with Crippen molar-refractivity contribution >= 4 is 11.7 Å². The molecule has 1 amide bonds. The average molecular weight is 369 g/mol. The molecule has 8 nitrogen and oxygen atoms in total. The molecule has 2 aromatic rings. The molecule has 0 bridgehead atoms. The summed E-state index contributed by atoms with van der Waals surface area (Å²) in [5.41, 5.74) is 2.67. The van der Waals surface area contributed by atoms with Gasteiger partial charge < -0.3 is 19.0 Å². The number of hydrogen-bond acceptors (Lipinski definition) is 7. The number of para-hydroxylation sites is 1. The van der Waals surface area contributed by atoms with E-state index in [-0.39, 0.29) is 19.3 Å². The Morgan fingerprint density at radius 3 is 2.78 bits per heavy atom. The predicted octanol–water partition coefficient (Wildman–Crippen LogP) is 2.26. The van der Waals surface area contributed by atoms with Gasteiger partial charge in [-0.25, -0.2) is 5.01 Å². The van der Waals surface area contributed by atoms with Crippen LogP contribution < -0.4 is 19.6 Å². The fraction of sp³-hybridized carbons (Fsp3) is 0.263. The van der Waals surface area contributed by atoms with Gasteiger partial charge in [0, 0.05) is 5.56 Å². The highest BCUT2D eigenvalue weighted by Gasteiger charge is 2.40. The van der Waals surface area contributed by atoms with E-state index in [9.17, 15) is 4.79 Å². The maximum atomic E-state index is 12.4. The van der Waals surface area contributed by atoms with Gasteiger partial charge >= 0.3 is 0 Å². The minimum absolute atomic E-state index is 0.134. The summed E-state index contributed by atoms with van der Waals surface area (Å²) in [6, 6.07) is 14.6. The Morgan fingerprint density at radius 1 is 1.19 bits per heavy atom. The molecular weight excluding hydrogens is 350 g/mol. The second kappa shape index (κ2) is 6.71. The van der Waals surface area contributed by atoms with Gasteiger partial charge in [0.15, 0.2) is 23.9 Å². The fourth-order valence-electron chi connectivity index (χ4n) is 2.72. The number of benzene rings is 2. The summed E-state index contributed by atoms with van der Waals surface area (Å²) < 4.78 is 16.2. The maximum Gasteiger partial charge on any atom is 0.276 e. The Hall–Kier alpha value is -3.42. The first-order valence-electron chi connectivity index (χ1n) is 8.47. The third-order valence-electron chi connectivity index (χ3n) is 4.09. The van der Waals surface area contributed by atoms with Crippen molar-refractivity contribution in [1.29, 1.82) is 0 Å². The zero-order chi connectivity index (χ0) is 18.9. The summed E-state index contributed by atoms with van der Waals surface area (Å²) in [6.07, 6.45) is 0. The van der Waals surface area contributed by atoms with Gasteiger partial charge in [-0.05, 0) is 44.2 Å². The largest absolute Gasteiger partial charge is 0.484 e. The summed E-state index contributed by atoms with van der Waals surface area (Å²) in [7, 11) is 0. The van der Waals surface area contributed by atoms with Gasteiger partial charge in [-0.15, -0.1) is 0 Å². The Balaban J connectivity index is 1.47. The highest BCUT2D eigenvalue weighted by atomic mass is 16.7. The van der Waals surface area contributed by atoms with Gasteiger partial charge in [-0.1, -0.05) is 23.4 Å². The quantitative estimate of drug-likeness (QED) is 0.871. The van der Waals surface area contributed by atoms with Crippen LogP contribution in [0.5, 0.6) is 17.2 Å². The molecule has 2 aliphatic heterocycles. The fourth-order valence-corrected chi connectivity index (χ4v) is 2.72. The highest BCUT2D eigenvalue weighted by Crippen LogP contribution is 2.34. The molecule has 0 fully saturated rings. The molecule has 8 heteroatoms. The molecule has 0 aromatic heterocycles. The second-order valence-corrected chi connectivity index (χ2v) is 6.49. The number of nitrogens with one attached hydrogen (secondary N) is 1. The number of rotatable bonds is 5. The monoisotopic (exact) mass is 369 g/mol. The molecule has 0 aliphatic carbocycles. The third-order valence-corrected chi connectivity index (χ3v) is 4.09. The molecule has 0 saturated carbocycles. The van der Waals surface area contributed by atoms with Crippen LogP contribution in [0.15, 0.2) is 53.7 Å². The van der Waals surface area contributed by atoms with Crippen molar-refractivity contribution in [3.8, 4) is 17.2 Å². The summed E-state index contributed by atoms with van der Waals surface area (Å²) >= 11 is 0. The van der Waals surface area contributed by atoms with E-state index >= 15 is 0 Å².